The summed E-state index contributed by atoms with van der Waals surface area (Å²) in [5.74, 6) is -0.774. The standard InChI is InChI=1S/C14H20N2O5/c1-9(2)16(6-7-17)14(20)15-12-5-4-10(21-3)8-11(12)13(18)19/h4-5,8-9,17H,6-7H2,1-3H3,(H,15,20)(H,18,19). The van der Waals surface area contributed by atoms with Crippen LogP contribution in [0.25, 0.3) is 0 Å². The Kier molecular flexibility index (Phi) is 5.98. The van der Waals surface area contributed by atoms with Gasteiger partial charge in [0, 0.05) is 12.6 Å². The summed E-state index contributed by atoms with van der Waals surface area (Å²) in [5.41, 5.74) is 0.118. The number of amides is 2. The number of carbonyl (C=O) groups excluding carboxylic acids is 1. The third kappa shape index (κ3) is 4.35. The second kappa shape index (κ2) is 7.49. The van der Waals surface area contributed by atoms with Crippen molar-refractivity contribution >= 4 is 17.7 Å². The van der Waals surface area contributed by atoms with E-state index in [9.17, 15) is 14.7 Å². The van der Waals surface area contributed by atoms with Crippen LogP contribution in [0.1, 0.15) is 24.2 Å². The van der Waals surface area contributed by atoms with Crippen LogP contribution in [-0.4, -0.2) is 53.4 Å². The van der Waals surface area contributed by atoms with Crippen molar-refractivity contribution in [1.82, 2.24) is 4.90 Å². The largest absolute Gasteiger partial charge is 0.497 e. The number of benzene rings is 1. The lowest BCUT2D eigenvalue weighted by molar-refractivity contribution is 0.0697. The summed E-state index contributed by atoms with van der Waals surface area (Å²) in [4.78, 5) is 24.8. The molecule has 7 heteroatoms. The molecule has 0 saturated carbocycles. The smallest absolute Gasteiger partial charge is 0.337 e. The molecule has 7 nitrogen and oxygen atoms in total. The second-order valence-electron chi connectivity index (χ2n) is 4.66. The van der Waals surface area contributed by atoms with E-state index in [-0.39, 0.29) is 30.4 Å². The van der Waals surface area contributed by atoms with Crippen LogP contribution in [0, 0.1) is 0 Å². The summed E-state index contributed by atoms with van der Waals surface area (Å²) >= 11 is 0. The Bertz CT molecular complexity index is 516. The highest BCUT2D eigenvalue weighted by Crippen LogP contribution is 2.22. The van der Waals surface area contributed by atoms with Crippen LogP contribution >= 0.6 is 0 Å². The van der Waals surface area contributed by atoms with E-state index in [0.29, 0.717) is 5.75 Å². The van der Waals surface area contributed by atoms with Crippen LogP contribution in [0.5, 0.6) is 5.75 Å². The minimum atomic E-state index is -1.16. The van der Waals surface area contributed by atoms with E-state index in [0.717, 1.165) is 0 Å². The zero-order valence-electron chi connectivity index (χ0n) is 12.3. The molecular formula is C14H20N2O5. The number of anilines is 1. The van der Waals surface area contributed by atoms with Gasteiger partial charge in [-0.25, -0.2) is 9.59 Å². The fourth-order valence-electron chi connectivity index (χ4n) is 1.83. The Balaban J connectivity index is 3.01. The molecule has 2 amide bonds. The molecule has 0 unspecified atom stereocenters. The van der Waals surface area contributed by atoms with E-state index in [4.69, 9.17) is 9.84 Å². The normalized spacial score (nSPS) is 10.3. The molecule has 3 N–H and O–H groups in total. The zero-order chi connectivity index (χ0) is 16.0. The first-order valence-electron chi connectivity index (χ1n) is 6.50. The summed E-state index contributed by atoms with van der Waals surface area (Å²) in [6.07, 6.45) is 0. The van der Waals surface area contributed by atoms with Crippen molar-refractivity contribution in [1.29, 1.82) is 0 Å². The topological polar surface area (TPSA) is 99.1 Å². The average molecular weight is 296 g/mol. The number of ether oxygens (including phenoxy) is 1. The fraction of sp³-hybridized carbons (Fsp3) is 0.429. The highest BCUT2D eigenvalue weighted by molar-refractivity contribution is 6.00. The maximum absolute atomic E-state index is 12.2. The minimum absolute atomic E-state index is 0.0598. The van der Waals surface area contributed by atoms with E-state index in [2.05, 4.69) is 5.32 Å². The van der Waals surface area contributed by atoms with Crippen LogP contribution in [0.15, 0.2) is 18.2 Å². The number of carboxylic acid groups (broad SMARTS) is 1. The number of methoxy groups -OCH3 is 1. The van der Waals surface area contributed by atoms with Gasteiger partial charge in [0.05, 0.1) is 25.0 Å². The molecule has 21 heavy (non-hydrogen) atoms. The second-order valence-corrected chi connectivity index (χ2v) is 4.66. The first-order chi connectivity index (χ1) is 9.90. The number of nitrogens with zero attached hydrogens (tertiary/aromatic N) is 1. The third-order valence-electron chi connectivity index (χ3n) is 2.92. The van der Waals surface area contributed by atoms with E-state index in [1.54, 1.807) is 19.9 Å². The van der Waals surface area contributed by atoms with Crippen molar-refractivity contribution in [2.24, 2.45) is 0 Å². The number of aliphatic hydroxyl groups is 1. The van der Waals surface area contributed by atoms with Gasteiger partial charge in [-0.2, -0.15) is 0 Å². The summed E-state index contributed by atoms with van der Waals surface area (Å²) in [6.45, 7) is 3.62. The van der Waals surface area contributed by atoms with Crippen molar-refractivity contribution in [2.75, 3.05) is 25.6 Å². The third-order valence-corrected chi connectivity index (χ3v) is 2.92. The van der Waals surface area contributed by atoms with Crippen molar-refractivity contribution in [3.05, 3.63) is 23.8 Å². The zero-order valence-corrected chi connectivity index (χ0v) is 12.3. The molecular weight excluding hydrogens is 276 g/mol. The maximum Gasteiger partial charge on any atom is 0.337 e. The summed E-state index contributed by atoms with van der Waals surface area (Å²) < 4.78 is 4.97. The van der Waals surface area contributed by atoms with Crippen LogP contribution in [0.4, 0.5) is 10.5 Å². The molecule has 1 aromatic carbocycles. The Labute approximate surface area is 123 Å². The summed E-state index contributed by atoms with van der Waals surface area (Å²) in [6, 6.07) is 3.78. The quantitative estimate of drug-likeness (QED) is 0.741. The number of aromatic carboxylic acids is 1. The molecule has 1 aromatic rings. The first kappa shape index (κ1) is 16.8. The lowest BCUT2D eigenvalue weighted by Crippen LogP contribution is -2.42. The van der Waals surface area contributed by atoms with Gasteiger partial charge in [0.15, 0.2) is 0 Å². The molecule has 0 aliphatic rings. The van der Waals surface area contributed by atoms with Crippen LogP contribution in [0.3, 0.4) is 0 Å². The Morgan fingerprint density at radius 1 is 1.38 bits per heavy atom. The molecule has 0 heterocycles. The van der Waals surface area contributed by atoms with Gasteiger partial charge < -0.3 is 25.2 Å². The van der Waals surface area contributed by atoms with Crippen molar-refractivity contribution in [2.45, 2.75) is 19.9 Å². The lowest BCUT2D eigenvalue weighted by Gasteiger charge is -2.26. The van der Waals surface area contributed by atoms with Crippen molar-refractivity contribution in [3.63, 3.8) is 0 Å². The monoisotopic (exact) mass is 296 g/mol. The average Bonchev–Trinajstić information content (AvgIpc) is 2.44. The number of carboxylic acids is 1. The van der Waals surface area contributed by atoms with Crippen LogP contribution < -0.4 is 10.1 Å². The fourth-order valence-corrected chi connectivity index (χ4v) is 1.83. The predicted molar refractivity (Wildman–Crippen MR) is 77.9 cm³/mol. The number of urea groups is 1. The van der Waals surface area contributed by atoms with E-state index < -0.39 is 12.0 Å². The number of aliphatic hydroxyl groups excluding tert-OH is 1. The molecule has 0 radical (unpaired) electrons. The molecule has 0 spiro atoms. The van der Waals surface area contributed by atoms with Gasteiger partial charge in [0.1, 0.15) is 5.75 Å². The van der Waals surface area contributed by atoms with Crippen LogP contribution in [0.2, 0.25) is 0 Å². The summed E-state index contributed by atoms with van der Waals surface area (Å²) in [5, 5.41) is 20.7. The van der Waals surface area contributed by atoms with Crippen LogP contribution in [-0.2, 0) is 0 Å². The number of rotatable bonds is 6. The SMILES string of the molecule is COc1ccc(NC(=O)N(CCO)C(C)C)c(C(=O)O)c1. The van der Waals surface area contributed by atoms with Crippen molar-refractivity contribution in [3.8, 4) is 5.75 Å². The molecule has 116 valence electrons. The van der Waals surface area contributed by atoms with Crippen molar-refractivity contribution < 1.29 is 24.5 Å². The molecule has 1 rings (SSSR count). The van der Waals surface area contributed by atoms with Gasteiger partial charge >= 0.3 is 12.0 Å². The van der Waals surface area contributed by atoms with Gasteiger partial charge in [-0.1, -0.05) is 0 Å². The predicted octanol–water partition coefficient (Wildman–Crippen LogP) is 1.63. The Morgan fingerprint density at radius 2 is 2.05 bits per heavy atom. The van der Waals surface area contributed by atoms with Gasteiger partial charge in [-0.15, -0.1) is 0 Å². The lowest BCUT2D eigenvalue weighted by atomic mass is 10.1. The molecule has 0 aliphatic heterocycles. The van der Waals surface area contributed by atoms with Gasteiger partial charge in [-0.05, 0) is 32.0 Å². The molecule has 0 saturated heterocycles. The van der Waals surface area contributed by atoms with E-state index in [1.165, 1.54) is 24.1 Å². The molecule has 0 bridgehead atoms. The highest BCUT2D eigenvalue weighted by atomic mass is 16.5. The Morgan fingerprint density at radius 3 is 2.52 bits per heavy atom. The minimum Gasteiger partial charge on any atom is -0.497 e. The van der Waals surface area contributed by atoms with Gasteiger partial charge in [0.2, 0.25) is 0 Å². The molecule has 0 aliphatic carbocycles. The Hall–Kier alpha value is -2.28. The molecule has 0 aromatic heterocycles. The number of nitrogens with one attached hydrogen (secondary N) is 1. The maximum atomic E-state index is 12.2. The number of hydrogen-bond donors (Lipinski definition) is 3. The number of carbonyl (C=O) groups is 2. The van der Waals surface area contributed by atoms with Gasteiger partial charge in [0.25, 0.3) is 0 Å². The first-order valence-corrected chi connectivity index (χ1v) is 6.50. The van der Waals surface area contributed by atoms with E-state index >= 15 is 0 Å². The van der Waals surface area contributed by atoms with Gasteiger partial charge in [-0.3, -0.25) is 0 Å². The van der Waals surface area contributed by atoms with E-state index in [1.807, 2.05) is 0 Å². The molecule has 0 atom stereocenters. The number of hydrogen-bond acceptors (Lipinski definition) is 4. The highest BCUT2D eigenvalue weighted by Gasteiger charge is 2.19. The summed E-state index contributed by atoms with van der Waals surface area (Å²) in [7, 11) is 1.43. The molecule has 0 fully saturated rings.